The average Bonchev–Trinajstić information content (AvgIpc) is 2.59. The fraction of sp³-hybridized carbons (Fsp3) is 0.364. The molecule has 0 N–H and O–H groups in total. The minimum absolute atomic E-state index is 0. The molecule has 4 nitrogen and oxygen atoms in total. The molecule has 3 rings (SSSR count). The maximum absolute atomic E-state index is 10.4. The lowest BCUT2D eigenvalue weighted by atomic mass is 9.91. The first-order valence-corrected chi connectivity index (χ1v) is 8.69. The number of rotatable bonds is 4. The van der Waals surface area contributed by atoms with Gasteiger partial charge in [-0.1, -0.05) is 38.1 Å². The minimum Gasteiger partial charge on any atom is -0.378 e. The number of aryl methyl sites for hydroxylation is 1. The van der Waals surface area contributed by atoms with Crippen molar-refractivity contribution in [2.24, 2.45) is 0 Å². The summed E-state index contributed by atoms with van der Waals surface area (Å²) in [4.78, 5) is 12.1. The SMILES string of the molecule is C.CCc1cccc(N(C)C)c1.O=[N+]([O-])c1ccc(C=C2CCC2)cc1. The van der Waals surface area contributed by atoms with Crippen LogP contribution < -0.4 is 4.90 Å². The number of non-ortho nitro benzene ring substituents is 1. The van der Waals surface area contributed by atoms with Crippen molar-refractivity contribution >= 4 is 17.5 Å². The Bertz CT molecular complexity index is 728. The number of benzene rings is 2. The molecule has 0 radical (unpaired) electrons. The van der Waals surface area contributed by atoms with Gasteiger partial charge in [-0.2, -0.15) is 0 Å². The van der Waals surface area contributed by atoms with E-state index in [1.165, 1.54) is 36.1 Å². The minimum atomic E-state index is -0.375. The van der Waals surface area contributed by atoms with E-state index in [1.807, 2.05) is 0 Å². The van der Waals surface area contributed by atoms with Gasteiger partial charge in [0.15, 0.2) is 0 Å². The molecule has 2 aromatic carbocycles. The molecule has 140 valence electrons. The number of hydrogen-bond acceptors (Lipinski definition) is 3. The van der Waals surface area contributed by atoms with Crippen LogP contribution in [0.5, 0.6) is 0 Å². The first-order chi connectivity index (χ1) is 12.0. The molecule has 0 heterocycles. The quantitative estimate of drug-likeness (QED) is 0.491. The third-order valence-electron chi connectivity index (χ3n) is 4.31. The number of hydrogen-bond donors (Lipinski definition) is 0. The molecule has 1 saturated carbocycles. The van der Waals surface area contributed by atoms with Crippen molar-refractivity contribution in [1.29, 1.82) is 0 Å². The van der Waals surface area contributed by atoms with Crippen LogP contribution in [-0.4, -0.2) is 19.0 Å². The number of allylic oxidation sites excluding steroid dienone is 1. The third kappa shape index (κ3) is 6.36. The highest BCUT2D eigenvalue weighted by Crippen LogP contribution is 2.27. The molecule has 0 atom stereocenters. The lowest BCUT2D eigenvalue weighted by molar-refractivity contribution is -0.384. The van der Waals surface area contributed by atoms with E-state index in [4.69, 9.17) is 0 Å². The number of nitro benzene ring substituents is 1. The predicted octanol–water partition coefficient (Wildman–Crippen LogP) is 6.11. The number of anilines is 1. The van der Waals surface area contributed by atoms with Crippen molar-refractivity contribution in [3.05, 3.63) is 75.3 Å². The highest BCUT2D eigenvalue weighted by atomic mass is 16.6. The second-order valence-corrected chi connectivity index (χ2v) is 6.42. The summed E-state index contributed by atoms with van der Waals surface area (Å²) in [5, 5.41) is 10.4. The van der Waals surface area contributed by atoms with Gasteiger partial charge in [0.2, 0.25) is 0 Å². The van der Waals surface area contributed by atoms with Gasteiger partial charge in [-0.25, -0.2) is 0 Å². The Morgan fingerprint density at radius 1 is 1.12 bits per heavy atom. The molecule has 0 unspecified atom stereocenters. The van der Waals surface area contributed by atoms with Gasteiger partial charge < -0.3 is 4.90 Å². The zero-order valence-electron chi connectivity index (χ0n) is 15.2. The Morgan fingerprint density at radius 2 is 1.77 bits per heavy atom. The van der Waals surface area contributed by atoms with Gasteiger partial charge in [-0.3, -0.25) is 10.1 Å². The maximum Gasteiger partial charge on any atom is 0.269 e. The van der Waals surface area contributed by atoms with Gasteiger partial charge in [0, 0.05) is 31.9 Å². The summed E-state index contributed by atoms with van der Waals surface area (Å²) in [6, 6.07) is 15.3. The molecule has 1 aliphatic carbocycles. The van der Waals surface area contributed by atoms with E-state index in [-0.39, 0.29) is 18.0 Å². The molecule has 4 heteroatoms. The molecule has 26 heavy (non-hydrogen) atoms. The summed E-state index contributed by atoms with van der Waals surface area (Å²) in [7, 11) is 4.13. The second-order valence-electron chi connectivity index (χ2n) is 6.42. The molecule has 0 aromatic heterocycles. The third-order valence-corrected chi connectivity index (χ3v) is 4.31. The standard InChI is InChI=1S/C11H11NO2.C10H15N.CH4/c13-12(14)11-6-4-10(5-7-11)8-9-2-1-3-9;1-4-9-6-5-7-10(8-9)11(2)3;/h4-8H,1-3H2;5-8H,4H2,1-3H3;1H4. The van der Waals surface area contributed by atoms with E-state index >= 15 is 0 Å². The molecule has 0 bridgehead atoms. The van der Waals surface area contributed by atoms with Crippen LogP contribution in [-0.2, 0) is 6.42 Å². The second kappa shape index (κ2) is 10.4. The highest BCUT2D eigenvalue weighted by molar-refractivity contribution is 5.55. The molecular weight excluding hydrogens is 324 g/mol. The monoisotopic (exact) mass is 354 g/mol. The fourth-order valence-corrected chi connectivity index (χ4v) is 2.51. The van der Waals surface area contributed by atoms with Crippen LogP contribution in [0, 0.1) is 10.1 Å². The van der Waals surface area contributed by atoms with Gasteiger partial charge in [-0.15, -0.1) is 0 Å². The summed E-state index contributed by atoms with van der Waals surface area (Å²) in [5.74, 6) is 0. The Kier molecular flexibility index (Phi) is 8.56. The number of nitro groups is 1. The summed E-state index contributed by atoms with van der Waals surface area (Å²) in [6.07, 6.45) is 6.86. The zero-order chi connectivity index (χ0) is 18.2. The molecule has 0 aliphatic heterocycles. The van der Waals surface area contributed by atoms with E-state index in [0.717, 1.165) is 12.0 Å². The molecule has 1 fully saturated rings. The van der Waals surface area contributed by atoms with E-state index in [1.54, 1.807) is 24.3 Å². The Balaban J connectivity index is 0.000000258. The highest BCUT2D eigenvalue weighted by Gasteiger charge is 2.08. The van der Waals surface area contributed by atoms with Crippen molar-refractivity contribution < 1.29 is 4.92 Å². The van der Waals surface area contributed by atoms with E-state index in [2.05, 4.69) is 56.3 Å². The average molecular weight is 354 g/mol. The molecule has 0 spiro atoms. The van der Waals surface area contributed by atoms with Crippen LogP contribution in [0.15, 0.2) is 54.1 Å². The van der Waals surface area contributed by atoms with E-state index < -0.39 is 0 Å². The topological polar surface area (TPSA) is 46.4 Å². The summed E-state index contributed by atoms with van der Waals surface area (Å²) < 4.78 is 0. The predicted molar refractivity (Wildman–Crippen MR) is 112 cm³/mol. The van der Waals surface area contributed by atoms with Crippen molar-refractivity contribution in [2.45, 2.75) is 40.0 Å². The summed E-state index contributed by atoms with van der Waals surface area (Å²) in [5.41, 5.74) is 5.34. The van der Waals surface area contributed by atoms with Gasteiger partial charge in [0.1, 0.15) is 0 Å². The van der Waals surface area contributed by atoms with Crippen LogP contribution in [0.1, 0.15) is 44.7 Å². The largest absolute Gasteiger partial charge is 0.378 e. The normalized spacial score (nSPS) is 12.0. The van der Waals surface area contributed by atoms with E-state index in [0.29, 0.717) is 0 Å². The van der Waals surface area contributed by atoms with Crippen LogP contribution in [0.4, 0.5) is 11.4 Å². The van der Waals surface area contributed by atoms with Gasteiger partial charge in [0.25, 0.3) is 5.69 Å². The first kappa shape index (κ1) is 21.4. The van der Waals surface area contributed by atoms with Crippen molar-refractivity contribution in [2.75, 3.05) is 19.0 Å². The molecule has 2 aromatic rings. The van der Waals surface area contributed by atoms with Crippen molar-refractivity contribution in [3.63, 3.8) is 0 Å². The molecule has 1 aliphatic rings. The van der Waals surface area contributed by atoms with Gasteiger partial charge in [0.05, 0.1) is 4.92 Å². The first-order valence-electron chi connectivity index (χ1n) is 8.69. The smallest absolute Gasteiger partial charge is 0.269 e. The van der Waals surface area contributed by atoms with Crippen LogP contribution in [0.2, 0.25) is 0 Å². The Hall–Kier alpha value is -2.62. The lowest BCUT2D eigenvalue weighted by Crippen LogP contribution is -2.08. The van der Waals surface area contributed by atoms with Gasteiger partial charge in [-0.05, 0) is 61.1 Å². The molecular formula is C22H30N2O2. The molecule has 0 saturated heterocycles. The maximum atomic E-state index is 10.4. The van der Waals surface area contributed by atoms with Crippen LogP contribution in [0.25, 0.3) is 6.08 Å². The van der Waals surface area contributed by atoms with Crippen LogP contribution in [0.3, 0.4) is 0 Å². The van der Waals surface area contributed by atoms with Crippen molar-refractivity contribution in [1.82, 2.24) is 0 Å². The summed E-state index contributed by atoms with van der Waals surface area (Å²) in [6.45, 7) is 2.18. The van der Waals surface area contributed by atoms with Crippen molar-refractivity contribution in [3.8, 4) is 0 Å². The summed E-state index contributed by atoms with van der Waals surface area (Å²) >= 11 is 0. The van der Waals surface area contributed by atoms with E-state index in [9.17, 15) is 10.1 Å². The Labute approximate surface area is 157 Å². The number of nitrogens with zero attached hydrogens (tertiary/aromatic N) is 2. The fourth-order valence-electron chi connectivity index (χ4n) is 2.51. The Morgan fingerprint density at radius 3 is 2.23 bits per heavy atom. The zero-order valence-corrected chi connectivity index (χ0v) is 15.2. The van der Waals surface area contributed by atoms with Crippen LogP contribution >= 0.6 is 0 Å². The van der Waals surface area contributed by atoms with Gasteiger partial charge >= 0.3 is 0 Å². The molecule has 0 amide bonds. The lowest BCUT2D eigenvalue weighted by Gasteiger charge is -2.15.